The smallest absolute Gasteiger partial charge is 0.101 e. The van der Waals surface area contributed by atoms with Gasteiger partial charge < -0.3 is 0 Å². The van der Waals surface area contributed by atoms with Crippen LogP contribution in [0.5, 0.6) is 0 Å². The van der Waals surface area contributed by atoms with Crippen molar-refractivity contribution < 1.29 is 5.11 Å². The molecule has 47 valence electrons. The minimum Gasteiger partial charge on any atom is -0.230 e. The topological polar surface area (TPSA) is 19.9 Å². The van der Waals surface area contributed by atoms with Crippen molar-refractivity contribution >= 4 is 0 Å². The number of hydrogen-bond donors (Lipinski definition) is 0. The predicted octanol–water partition coefficient (Wildman–Crippen LogP) is 2.14. The molecule has 0 aliphatic heterocycles. The quantitative estimate of drug-likeness (QED) is 0.458. The molecule has 8 heavy (non-hydrogen) atoms. The molecule has 0 N–H and O–H groups in total. The van der Waals surface area contributed by atoms with E-state index >= 15 is 0 Å². The summed E-state index contributed by atoms with van der Waals surface area (Å²) in [5.41, 5.74) is -0.571. The zero-order valence-electron chi connectivity index (χ0n) is 5.44. The zero-order valence-corrected chi connectivity index (χ0v) is 5.44. The Morgan fingerprint density at radius 2 is 1.62 bits per heavy atom. The molecule has 1 rings (SSSR count). The van der Waals surface area contributed by atoms with Crippen LogP contribution in [-0.4, -0.2) is 5.60 Å². The van der Waals surface area contributed by atoms with Gasteiger partial charge in [0.15, 0.2) is 0 Å². The van der Waals surface area contributed by atoms with Gasteiger partial charge in [0.2, 0.25) is 0 Å². The third-order valence-electron chi connectivity index (χ3n) is 1.91. The first-order valence-corrected chi connectivity index (χ1v) is 3.41. The molecule has 0 atom stereocenters. The van der Waals surface area contributed by atoms with E-state index in [1.807, 2.05) is 6.92 Å². The van der Waals surface area contributed by atoms with Crippen molar-refractivity contribution in [3.8, 4) is 0 Å². The largest absolute Gasteiger partial charge is 0.230 e. The van der Waals surface area contributed by atoms with Crippen LogP contribution in [0.2, 0.25) is 0 Å². The lowest BCUT2D eigenvalue weighted by Crippen LogP contribution is -2.24. The summed E-state index contributed by atoms with van der Waals surface area (Å²) in [6.07, 6.45) is 5.37. The Morgan fingerprint density at radius 3 is 1.88 bits per heavy atom. The molecule has 1 heteroatoms. The van der Waals surface area contributed by atoms with E-state index in [9.17, 15) is 5.11 Å². The highest BCUT2D eigenvalue weighted by atomic mass is 16.3. The second kappa shape index (κ2) is 2.06. The normalized spacial score (nSPS) is 27.8. The molecule has 1 saturated carbocycles. The lowest BCUT2D eigenvalue weighted by molar-refractivity contribution is -0.0420. The van der Waals surface area contributed by atoms with Gasteiger partial charge in [-0.3, -0.25) is 0 Å². The van der Waals surface area contributed by atoms with Gasteiger partial charge in [-0.2, -0.15) is 0 Å². The molecule has 0 aromatic heterocycles. The van der Waals surface area contributed by atoms with Gasteiger partial charge in [0.05, 0.1) is 0 Å². The van der Waals surface area contributed by atoms with Gasteiger partial charge in [-0.25, -0.2) is 5.11 Å². The molecule has 0 aromatic rings. The van der Waals surface area contributed by atoms with Crippen LogP contribution in [0.3, 0.4) is 0 Å². The highest BCUT2D eigenvalue weighted by molar-refractivity contribution is 4.75. The molecule has 1 nitrogen and oxygen atoms in total. The molecule has 0 unspecified atom stereocenters. The first kappa shape index (κ1) is 6.09. The average molecular weight is 113 g/mol. The number of rotatable bonds is 0. The fraction of sp³-hybridized carbons (Fsp3) is 1.00. The summed E-state index contributed by atoms with van der Waals surface area (Å²) in [6.45, 7) is 1.83. The second-order valence-electron chi connectivity index (χ2n) is 3.01. The van der Waals surface area contributed by atoms with E-state index in [4.69, 9.17) is 0 Å². The minimum absolute atomic E-state index is 0.571. The van der Waals surface area contributed by atoms with Crippen LogP contribution in [-0.2, 0) is 5.11 Å². The Hall–Kier alpha value is -0.0400. The first-order valence-electron chi connectivity index (χ1n) is 3.41. The van der Waals surface area contributed by atoms with E-state index in [0.29, 0.717) is 0 Å². The molecule has 1 radical (unpaired) electrons. The lowest BCUT2D eigenvalue weighted by Gasteiger charge is -2.24. The molecule has 1 aliphatic rings. The average Bonchev–Trinajstić information content (AvgIpc) is 1.65. The van der Waals surface area contributed by atoms with Gasteiger partial charge in [0.1, 0.15) is 5.60 Å². The summed E-state index contributed by atoms with van der Waals surface area (Å²) >= 11 is 0. The minimum atomic E-state index is -0.571. The van der Waals surface area contributed by atoms with E-state index in [1.54, 1.807) is 0 Å². The van der Waals surface area contributed by atoms with E-state index in [1.165, 1.54) is 6.42 Å². The van der Waals surface area contributed by atoms with Crippen molar-refractivity contribution in [3.05, 3.63) is 0 Å². The Morgan fingerprint density at radius 1 is 1.12 bits per heavy atom. The highest BCUT2D eigenvalue weighted by Gasteiger charge is 2.24. The molecule has 1 fully saturated rings. The van der Waals surface area contributed by atoms with Crippen LogP contribution in [0, 0.1) is 0 Å². The van der Waals surface area contributed by atoms with Gasteiger partial charge >= 0.3 is 0 Å². The van der Waals surface area contributed by atoms with Crippen molar-refractivity contribution in [2.75, 3.05) is 0 Å². The van der Waals surface area contributed by atoms with Gasteiger partial charge in [0, 0.05) is 0 Å². The van der Waals surface area contributed by atoms with Crippen LogP contribution in [0.1, 0.15) is 39.0 Å². The summed E-state index contributed by atoms with van der Waals surface area (Å²) in [5, 5.41) is 11.1. The summed E-state index contributed by atoms with van der Waals surface area (Å²) in [7, 11) is 0. The van der Waals surface area contributed by atoms with Crippen LogP contribution in [0.4, 0.5) is 0 Å². The summed E-state index contributed by atoms with van der Waals surface area (Å²) in [6, 6.07) is 0. The molecule has 0 spiro atoms. The molecule has 0 aromatic carbocycles. The predicted molar refractivity (Wildman–Crippen MR) is 32.2 cm³/mol. The van der Waals surface area contributed by atoms with Gasteiger partial charge in [0.25, 0.3) is 0 Å². The molecule has 0 bridgehead atoms. The van der Waals surface area contributed by atoms with Crippen molar-refractivity contribution in [2.45, 2.75) is 44.6 Å². The zero-order chi connectivity index (χ0) is 6.04. The molecule has 0 amide bonds. The van der Waals surface area contributed by atoms with Crippen LogP contribution < -0.4 is 0 Å². The maximum Gasteiger partial charge on any atom is 0.101 e. The molecule has 1 aliphatic carbocycles. The molecular formula is C7H13O. The third-order valence-corrected chi connectivity index (χ3v) is 1.91. The van der Waals surface area contributed by atoms with Gasteiger partial charge in [-0.15, -0.1) is 0 Å². The van der Waals surface area contributed by atoms with Crippen LogP contribution >= 0.6 is 0 Å². The maximum atomic E-state index is 11.1. The van der Waals surface area contributed by atoms with Crippen molar-refractivity contribution in [3.63, 3.8) is 0 Å². The van der Waals surface area contributed by atoms with Crippen molar-refractivity contribution in [1.82, 2.24) is 0 Å². The molecular weight excluding hydrogens is 100 g/mol. The van der Waals surface area contributed by atoms with Crippen LogP contribution in [0.25, 0.3) is 0 Å². The summed E-state index contributed by atoms with van der Waals surface area (Å²) in [4.78, 5) is 0. The number of hydrogen-bond acceptors (Lipinski definition) is 0. The maximum absolute atomic E-state index is 11.1. The van der Waals surface area contributed by atoms with E-state index in [2.05, 4.69) is 0 Å². The standard InChI is InChI=1S/C7H13O/c1-7(8)5-3-2-4-6-7/h2-6H2,1H3. The highest BCUT2D eigenvalue weighted by Crippen LogP contribution is 2.27. The molecule has 0 saturated heterocycles. The Bertz CT molecular complexity index is 68.5. The van der Waals surface area contributed by atoms with Gasteiger partial charge in [-0.1, -0.05) is 19.3 Å². The van der Waals surface area contributed by atoms with E-state index in [0.717, 1.165) is 25.7 Å². The Labute approximate surface area is 50.7 Å². The van der Waals surface area contributed by atoms with E-state index < -0.39 is 5.60 Å². The Balaban J connectivity index is 2.33. The first-order chi connectivity index (χ1) is 3.71. The lowest BCUT2D eigenvalue weighted by atomic mass is 9.87. The summed E-state index contributed by atoms with van der Waals surface area (Å²) in [5.74, 6) is 0. The van der Waals surface area contributed by atoms with Crippen LogP contribution in [0.15, 0.2) is 0 Å². The van der Waals surface area contributed by atoms with Crippen molar-refractivity contribution in [2.24, 2.45) is 0 Å². The van der Waals surface area contributed by atoms with Gasteiger partial charge in [-0.05, 0) is 19.8 Å². The van der Waals surface area contributed by atoms with Crippen molar-refractivity contribution in [1.29, 1.82) is 0 Å². The monoisotopic (exact) mass is 113 g/mol. The molecule has 0 heterocycles. The SMILES string of the molecule is CC1([O])CCCCC1. The summed E-state index contributed by atoms with van der Waals surface area (Å²) < 4.78 is 0. The Kier molecular flexibility index (Phi) is 1.57. The fourth-order valence-corrected chi connectivity index (χ4v) is 1.30. The third kappa shape index (κ3) is 1.48. The van der Waals surface area contributed by atoms with E-state index in [-0.39, 0.29) is 0 Å². The fourth-order valence-electron chi connectivity index (χ4n) is 1.30. The second-order valence-corrected chi connectivity index (χ2v) is 3.01.